The Balaban J connectivity index is 2.01. The number of ketones is 1. The number of hydrogen-bond donors (Lipinski definition) is 0. The van der Waals surface area contributed by atoms with Gasteiger partial charge in [-0.05, 0) is 12.0 Å². The zero-order chi connectivity index (χ0) is 12.1. The Morgan fingerprint density at radius 1 is 0.941 bits per heavy atom. The molecule has 0 atom stereocenters. The zero-order valence-corrected chi connectivity index (χ0v) is 9.43. The second-order valence-corrected chi connectivity index (χ2v) is 3.90. The second-order valence-electron chi connectivity index (χ2n) is 3.90. The van der Waals surface area contributed by atoms with Crippen molar-refractivity contribution in [1.29, 1.82) is 0 Å². The first-order valence-corrected chi connectivity index (χ1v) is 5.60. The predicted octanol–water partition coefficient (Wildman–Crippen LogP) is 2.58. The maximum absolute atomic E-state index is 11.8. The maximum atomic E-state index is 11.8. The van der Waals surface area contributed by atoms with Crippen molar-refractivity contribution in [3.05, 3.63) is 65.7 Å². The highest BCUT2D eigenvalue weighted by molar-refractivity contribution is 5.98. The molecule has 0 bridgehead atoms. The number of rotatable bonds is 4. The fourth-order valence-electron chi connectivity index (χ4n) is 1.73. The number of para-hydroxylation sites is 1. The standard InChI is InChI=1S/C15H14O2/c16-14-9-5-4-8-13(14)15(17)11-10-12-6-2-1-3-7-12/h1-9,16H,10-11H2/p-1. The fourth-order valence-corrected chi connectivity index (χ4v) is 1.73. The van der Waals surface area contributed by atoms with E-state index in [0.29, 0.717) is 18.4 Å². The van der Waals surface area contributed by atoms with E-state index in [2.05, 4.69) is 0 Å². The van der Waals surface area contributed by atoms with Crippen LogP contribution in [0.5, 0.6) is 5.75 Å². The van der Waals surface area contributed by atoms with Gasteiger partial charge in [-0.3, -0.25) is 4.79 Å². The minimum atomic E-state index is -0.189. The Bertz CT molecular complexity index is 503. The van der Waals surface area contributed by atoms with Crippen LogP contribution in [0.4, 0.5) is 0 Å². The summed E-state index contributed by atoms with van der Waals surface area (Å²) < 4.78 is 0. The van der Waals surface area contributed by atoms with Crippen LogP contribution in [0.3, 0.4) is 0 Å². The summed E-state index contributed by atoms with van der Waals surface area (Å²) in [5, 5.41) is 11.5. The molecule has 0 spiro atoms. The van der Waals surface area contributed by atoms with Crippen LogP contribution in [0.25, 0.3) is 0 Å². The molecule has 0 radical (unpaired) electrons. The van der Waals surface area contributed by atoms with Crippen molar-refractivity contribution in [1.82, 2.24) is 0 Å². The molecule has 0 fully saturated rings. The molecule has 0 aromatic heterocycles. The summed E-state index contributed by atoms with van der Waals surface area (Å²) in [5.74, 6) is -0.273. The van der Waals surface area contributed by atoms with E-state index < -0.39 is 0 Å². The highest BCUT2D eigenvalue weighted by atomic mass is 16.3. The van der Waals surface area contributed by atoms with Gasteiger partial charge in [0, 0.05) is 12.0 Å². The van der Waals surface area contributed by atoms with Gasteiger partial charge in [0.1, 0.15) is 0 Å². The van der Waals surface area contributed by atoms with Gasteiger partial charge in [0.15, 0.2) is 5.78 Å². The van der Waals surface area contributed by atoms with Crippen molar-refractivity contribution in [2.75, 3.05) is 0 Å². The van der Waals surface area contributed by atoms with Gasteiger partial charge in [-0.25, -0.2) is 0 Å². The molecular formula is C15H13O2-. The van der Waals surface area contributed by atoms with Crippen molar-refractivity contribution in [3.8, 4) is 5.75 Å². The quantitative estimate of drug-likeness (QED) is 0.750. The molecule has 86 valence electrons. The van der Waals surface area contributed by atoms with Gasteiger partial charge < -0.3 is 5.11 Å². The van der Waals surface area contributed by atoms with E-state index in [1.165, 1.54) is 6.07 Å². The molecule has 0 saturated carbocycles. The fraction of sp³-hybridized carbons (Fsp3) is 0.133. The smallest absolute Gasteiger partial charge is 0.162 e. The lowest BCUT2D eigenvalue weighted by Gasteiger charge is -2.11. The number of Topliss-reactive ketones (excluding diaryl/α,β-unsaturated/α-hetero) is 1. The summed E-state index contributed by atoms with van der Waals surface area (Å²) in [6, 6.07) is 16.2. The SMILES string of the molecule is O=C(CCc1ccccc1)c1ccccc1[O-]. The van der Waals surface area contributed by atoms with Gasteiger partial charge in [0.05, 0.1) is 0 Å². The van der Waals surface area contributed by atoms with Crippen LogP contribution >= 0.6 is 0 Å². The van der Waals surface area contributed by atoms with E-state index in [0.717, 1.165) is 5.56 Å². The number of benzene rings is 2. The monoisotopic (exact) mass is 225 g/mol. The molecule has 0 N–H and O–H groups in total. The van der Waals surface area contributed by atoms with Gasteiger partial charge in [0.2, 0.25) is 0 Å². The number of aryl methyl sites for hydroxylation is 1. The molecule has 0 amide bonds. The Hall–Kier alpha value is -2.09. The van der Waals surface area contributed by atoms with Crippen LogP contribution in [0.15, 0.2) is 54.6 Å². The van der Waals surface area contributed by atoms with Crippen LogP contribution in [-0.2, 0) is 6.42 Å². The van der Waals surface area contributed by atoms with Crippen molar-refractivity contribution in [2.45, 2.75) is 12.8 Å². The molecule has 0 aliphatic rings. The normalized spacial score (nSPS) is 10.1. The minimum Gasteiger partial charge on any atom is -0.872 e. The van der Waals surface area contributed by atoms with Crippen molar-refractivity contribution in [2.24, 2.45) is 0 Å². The average Bonchev–Trinajstić information content (AvgIpc) is 2.38. The third kappa shape index (κ3) is 2.94. The van der Waals surface area contributed by atoms with Gasteiger partial charge >= 0.3 is 0 Å². The molecular weight excluding hydrogens is 212 g/mol. The largest absolute Gasteiger partial charge is 0.872 e. The zero-order valence-electron chi connectivity index (χ0n) is 9.43. The van der Waals surface area contributed by atoms with Crippen molar-refractivity contribution >= 4 is 5.78 Å². The van der Waals surface area contributed by atoms with Crippen molar-refractivity contribution in [3.63, 3.8) is 0 Å². The first kappa shape index (κ1) is 11.4. The van der Waals surface area contributed by atoms with Gasteiger partial charge in [0.25, 0.3) is 0 Å². The topological polar surface area (TPSA) is 40.1 Å². The lowest BCUT2D eigenvalue weighted by atomic mass is 10.0. The van der Waals surface area contributed by atoms with E-state index in [9.17, 15) is 9.90 Å². The molecule has 0 aliphatic heterocycles. The molecule has 0 saturated heterocycles. The predicted molar refractivity (Wildman–Crippen MR) is 65.0 cm³/mol. The van der Waals surface area contributed by atoms with Gasteiger partial charge in [-0.1, -0.05) is 60.3 Å². The van der Waals surface area contributed by atoms with E-state index >= 15 is 0 Å². The van der Waals surface area contributed by atoms with E-state index in [1.807, 2.05) is 30.3 Å². The Labute approximate surface area is 101 Å². The van der Waals surface area contributed by atoms with E-state index in [1.54, 1.807) is 18.2 Å². The molecule has 2 aromatic rings. The second kappa shape index (κ2) is 5.30. The van der Waals surface area contributed by atoms with Crippen LogP contribution in [0.1, 0.15) is 22.3 Å². The number of carbonyl (C=O) groups is 1. The molecule has 17 heavy (non-hydrogen) atoms. The summed E-state index contributed by atoms with van der Waals surface area (Å²) in [7, 11) is 0. The summed E-state index contributed by atoms with van der Waals surface area (Å²) >= 11 is 0. The lowest BCUT2D eigenvalue weighted by molar-refractivity contribution is -0.268. The van der Waals surface area contributed by atoms with Crippen molar-refractivity contribution < 1.29 is 9.90 Å². The van der Waals surface area contributed by atoms with Crippen LogP contribution in [0.2, 0.25) is 0 Å². The Morgan fingerprint density at radius 3 is 2.29 bits per heavy atom. The summed E-state index contributed by atoms with van der Waals surface area (Å²) in [5.41, 5.74) is 1.41. The van der Waals surface area contributed by atoms with E-state index in [4.69, 9.17) is 0 Å². The third-order valence-electron chi connectivity index (χ3n) is 2.67. The highest BCUT2D eigenvalue weighted by Gasteiger charge is 2.06. The van der Waals surface area contributed by atoms with Gasteiger partial charge in [-0.15, -0.1) is 0 Å². The summed E-state index contributed by atoms with van der Waals surface area (Å²) in [4.78, 5) is 11.8. The molecule has 2 aromatic carbocycles. The first-order chi connectivity index (χ1) is 8.27. The average molecular weight is 225 g/mol. The van der Waals surface area contributed by atoms with E-state index in [-0.39, 0.29) is 11.5 Å². The highest BCUT2D eigenvalue weighted by Crippen LogP contribution is 2.15. The molecule has 0 unspecified atom stereocenters. The lowest BCUT2D eigenvalue weighted by Crippen LogP contribution is -2.05. The molecule has 0 aliphatic carbocycles. The minimum absolute atomic E-state index is 0.0838. The Kier molecular flexibility index (Phi) is 3.55. The molecule has 2 heteroatoms. The number of carbonyl (C=O) groups excluding carboxylic acids is 1. The third-order valence-corrected chi connectivity index (χ3v) is 2.67. The first-order valence-electron chi connectivity index (χ1n) is 5.60. The van der Waals surface area contributed by atoms with Crippen LogP contribution in [-0.4, -0.2) is 5.78 Å². The van der Waals surface area contributed by atoms with Crippen LogP contribution in [0, 0.1) is 0 Å². The Morgan fingerprint density at radius 2 is 1.59 bits per heavy atom. The van der Waals surface area contributed by atoms with Crippen LogP contribution < -0.4 is 5.11 Å². The summed E-state index contributed by atoms with van der Waals surface area (Å²) in [6.07, 6.45) is 1.05. The van der Waals surface area contributed by atoms with Gasteiger partial charge in [-0.2, -0.15) is 0 Å². The maximum Gasteiger partial charge on any atom is 0.162 e. The molecule has 0 heterocycles. The number of hydrogen-bond acceptors (Lipinski definition) is 2. The molecule has 2 nitrogen and oxygen atoms in total. The molecule has 2 rings (SSSR count). The summed E-state index contributed by atoms with van der Waals surface area (Å²) in [6.45, 7) is 0.